The Balaban J connectivity index is 2.43. The number of hydrogen-bond acceptors (Lipinski definition) is 3. The monoisotopic (exact) mass is 287 g/mol. The number of hydrogen-bond donors (Lipinski definition) is 1. The quantitative estimate of drug-likeness (QED) is 0.763. The van der Waals surface area contributed by atoms with E-state index in [9.17, 15) is 14.7 Å². The summed E-state index contributed by atoms with van der Waals surface area (Å²) in [7, 11) is 0. The molecule has 5 heteroatoms. The fraction of sp³-hybridized carbons (Fsp3) is 0.857. The first kappa shape index (κ1) is 16.3. The highest BCUT2D eigenvalue weighted by Gasteiger charge is 2.34. The Bertz CT molecular complexity index is 320. The van der Waals surface area contributed by atoms with E-state index in [1.807, 2.05) is 0 Å². The normalized spacial score (nSPS) is 23.7. The first-order valence-electron chi connectivity index (χ1n) is 7.01. The van der Waals surface area contributed by atoms with Crippen molar-refractivity contribution in [3.05, 3.63) is 0 Å². The highest BCUT2D eigenvalue weighted by atomic mass is 32.2. The molecule has 0 saturated carbocycles. The number of amides is 1. The molecule has 1 rings (SSSR count). The van der Waals surface area contributed by atoms with Gasteiger partial charge in [0, 0.05) is 6.54 Å². The Kier molecular flexibility index (Phi) is 6.69. The summed E-state index contributed by atoms with van der Waals surface area (Å²) < 4.78 is 0. The zero-order valence-electron chi connectivity index (χ0n) is 12.1. The maximum absolute atomic E-state index is 12.1. The van der Waals surface area contributed by atoms with Gasteiger partial charge in [0.05, 0.1) is 5.75 Å². The lowest BCUT2D eigenvalue weighted by Gasteiger charge is -2.36. The second-order valence-electron chi connectivity index (χ2n) is 5.81. The van der Waals surface area contributed by atoms with Crippen LogP contribution in [0.5, 0.6) is 0 Å². The predicted molar refractivity (Wildman–Crippen MR) is 78.3 cm³/mol. The fourth-order valence-corrected chi connectivity index (χ4v) is 3.36. The Morgan fingerprint density at radius 2 is 2.11 bits per heavy atom. The zero-order valence-corrected chi connectivity index (χ0v) is 12.9. The summed E-state index contributed by atoms with van der Waals surface area (Å²) in [6.07, 6.45) is 2.58. The van der Waals surface area contributed by atoms with Crippen molar-refractivity contribution in [3.63, 3.8) is 0 Å². The number of nitrogens with zero attached hydrogens (tertiary/aromatic N) is 1. The predicted octanol–water partition coefficient (Wildman–Crippen LogP) is 2.48. The number of thioether (sulfide) groups is 1. The average Bonchev–Trinajstić information content (AvgIpc) is 2.33. The summed E-state index contributed by atoms with van der Waals surface area (Å²) in [6.45, 7) is 6.96. The summed E-state index contributed by atoms with van der Waals surface area (Å²) in [6, 6.07) is -0.623. The molecule has 0 aromatic rings. The third-order valence-corrected chi connectivity index (χ3v) is 4.51. The van der Waals surface area contributed by atoms with E-state index in [4.69, 9.17) is 0 Å². The third-order valence-electron chi connectivity index (χ3n) is 3.54. The molecule has 0 radical (unpaired) electrons. The highest BCUT2D eigenvalue weighted by Crippen LogP contribution is 2.23. The molecule has 2 atom stereocenters. The maximum Gasteiger partial charge on any atom is 0.326 e. The van der Waals surface area contributed by atoms with E-state index < -0.39 is 12.0 Å². The largest absolute Gasteiger partial charge is 0.480 e. The SMILES string of the molecule is CC(C)CCSCC(=O)N1CCC(C)CC1C(=O)O. The van der Waals surface area contributed by atoms with Crippen LogP contribution in [-0.4, -0.2) is 46.0 Å². The standard InChI is InChI=1S/C14H25NO3S/c1-10(2)5-7-19-9-13(16)15-6-4-11(3)8-12(15)14(17)18/h10-12H,4-9H2,1-3H3,(H,17,18). The summed E-state index contributed by atoms with van der Waals surface area (Å²) in [5, 5.41) is 9.22. The topological polar surface area (TPSA) is 57.6 Å². The van der Waals surface area contributed by atoms with Gasteiger partial charge in [-0.2, -0.15) is 11.8 Å². The van der Waals surface area contributed by atoms with Gasteiger partial charge in [0.15, 0.2) is 0 Å². The van der Waals surface area contributed by atoms with Gasteiger partial charge in [-0.05, 0) is 36.9 Å². The smallest absolute Gasteiger partial charge is 0.326 e. The molecule has 1 amide bonds. The van der Waals surface area contributed by atoms with E-state index in [2.05, 4.69) is 20.8 Å². The van der Waals surface area contributed by atoms with E-state index in [0.717, 1.165) is 18.6 Å². The van der Waals surface area contributed by atoms with Gasteiger partial charge in [-0.25, -0.2) is 4.79 Å². The third kappa shape index (κ3) is 5.43. The van der Waals surface area contributed by atoms with Crippen LogP contribution in [0.1, 0.15) is 40.0 Å². The lowest BCUT2D eigenvalue weighted by Crippen LogP contribution is -2.50. The first-order valence-corrected chi connectivity index (χ1v) is 8.17. The van der Waals surface area contributed by atoms with Gasteiger partial charge >= 0.3 is 5.97 Å². The molecule has 1 aliphatic heterocycles. The van der Waals surface area contributed by atoms with Crippen LogP contribution in [0.4, 0.5) is 0 Å². The number of carbonyl (C=O) groups excluding carboxylic acids is 1. The maximum atomic E-state index is 12.1. The number of carboxylic acid groups (broad SMARTS) is 1. The summed E-state index contributed by atoms with van der Waals surface area (Å²) in [4.78, 5) is 24.9. The van der Waals surface area contributed by atoms with Crippen LogP contribution in [-0.2, 0) is 9.59 Å². The van der Waals surface area contributed by atoms with Crippen LogP contribution in [0.2, 0.25) is 0 Å². The Hall–Kier alpha value is -0.710. The minimum atomic E-state index is -0.868. The molecule has 0 spiro atoms. The second-order valence-corrected chi connectivity index (χ2v) is 6.91. The van der Waals surface area contributed by atoms with Crippen molar-refractivity contribution in [1.29, 1.82) is 0 Å². The van der Waals surface area contributed by atoms with Crippen LogP contribution in [0.15, 0.2) is 0 Å². The van der Waals surface area contributed by atoms with Gasteiger partial charge in [-0.15, -0.1) is 0 Å². The van der Waals surface area contributed by atoms with E-state index in [0.29, 0.717) is 30.6 Å². The van der Waals surface area contributed by atoms with E-state index in [1.165, 1.54) is 0 Å². The molecule has 1 fully saturated rings. The lowest BCUT2D eigenvalue weighted by atomic mass is 9.92. The number of likely N-dealkylation sites (tertiary alicyclic amines) is 1. The molecular formula is C14H25NO3S. The molecule has 4 nitrogen and oxygen atoms in total. The summed E-state index contributed by atoms with van der Waals surface area (Å²) in [5.41, 5.74) is 0. The van der Waals surface area contributed by atoms with Gasteiger partial charge in [0.2, 0.25) is 5.91 Å². The number of rotatable bonds is 6. The second kappa shape index (κ2) is 7.78. The van der Waals surface area contributed by atoms with Gasteiger partial charge < -0.3 is 10.0 Å². The summed E-state index contributed by atoms with van der Waals surface area (Å²) >= 11 is 1.61. The molecule has 0 aliphatic carbocycles. The molecular weight excluding hydrogens is 262 g/mol. The molecule has 0 aromatic heterocycles. The van der Waals surface area contributed by atoms with Gasteiger partial charge in [0.1, 0.15) is 6.04 Å². The van der Waals surface area contributed by atoms with Crippen molar-refractivity contribution in [3.8, 4) is 0 Å². The van der Waals surface area contributed by atoms with Crippen molar-refractivity contribution < 1.29 is 14.7 Å². The molecule has 19 heavy (non-hydrogen) atoms. The van der Waals surface area contributed by atoms with Crippen molar-refractivity contribution >= 4 is 23.6 Å². The first-order chi connectivity index (χ1) is 8.91. The van der Waals surface area contributed by atoms with E-state index >= 15 is 0 Å². The van der Waals surface area contributed by atoms with Crippen LogP contribution in [0, 0.1) is 11.8 Å². The molecule has 1 aliphatic rings. The molecule has 0 bridgehead atoms. The fourth-order valence-electron chi connectivity index (χ4n) is 2.24. The van der Waals surface area contributed by atoms with Crippen molar-refractivity contribution in [1.82, 2.24) is 4.90 Å². The number of aliphatic carboxylic acids is 1. The average molecular weight is 287 g/mol. The van der Waals surface area contributed by atoms with Crippen LogP contribution in [0.3, 0.4) is 0 Å². The van der Waals surface area contributed by atoms with Gasteiger partial charge in [0.25, 0.3) is 0 Å². The molecule has 1 heterocycles. The van der Waals surface area contributed by atoms with Gasteiger partial charge in [-0.3, -0.25) is 4.79 Å². The Labute approximate surface area is 119 Å². The molecule has 1 saturated heterocycles. The minimum absolute atomic E-state index is 0.0203. The Morgan fingerprint density at radius 1 is 1.42 bits per heavy atom. The molecule has 0 aromatic carbocycles. The van der Waals surface area contributed by atoms with Crippen molar-refractivity contribution in [2.24, 2.45) is 11.8 Å². The summed E-state index contributed by atoms with van der Waals surface area (Å²) in [5.74, 6) is 1.51. The highest BCUT2D eigenvalue weighted by molar-refractivity contribution is 7.99. The zero-order chi connectivity index (χ0) is 14.4. The van der Waals surface area contributed by atoms with E-state index in [-0.39, 0.29) is 5.91 Å². The van der Waals surface area contributed by atoms with Crippen LogP contribution >= 0.6 is 11.8 Å². The van der Waals surface area contributed by atoms with Crippen LogP contribution < -0.4 is 0 Å². The lowest BCUT2D eigenvalue weighted by molar-refractivity contribution is -0.151. The Morgan fingerprint density at radius 3 is 2.68 bits per heavy atom. The number of piperidine rings is 1. The molecule has 1 N–H and O–H groups in total. The molecule has 2 unspecified atom stereocenters. The van der Waals surface area contributed by atoms with Crippen molar-refractivity contribution in [2.45, 2.75) is 46.1 Å². The number of carbonyl (C=O) groups is 2. The van der Waals surface area contributed by atoms with Gasteiger partial charge in [-0.1, -0.05) is 20.8 Å². The number of carboxylic acids is 1. The van der Waals surface area contributed by atoms with Crippen LogP contribution in [0.25, 0.3) is 0 Å². The molecule has 110 valence electrons. The minimum Gasteiger partial charge on any atom is -0.480 e. The van der Waals surface area contributed by atoms with Crippen molar-refractivity contribution in [2.75, 3.05) is 18.1 Å². The van der Waals surface area contributed by atoms with E-state index in [1.54, 1.807) is 16.7 Å².